The minimum Gasteiger partial charge on any atom is -0.481 e. The summed E-state index contributed by atoms with van der Waals surface area (Å²) in [6.07, 6.45) is -3.79. The van der Waals surface area contributed by atoms with Gasteiger partial charge >= 0.3 is 6.18 Å². The number of benzene rings is 1. The Morgan fingerprint density at radius 3 is 2.57 bits per heavy atom. The molecule has 21 heavy (non-hydrogen) atoms. The highest BCUT2D eigenvalue weighted by atomic mass is 19.4. The van der Waals surface area contributed by atoms with E-state index >= 15 is 0 Å². The van der Waals surface area contributed by atoms with Crippen molar-refractivity contribution in [2.45, 2.75) is 18.7 Å². The zero-order valence-corrected chi connectivity index (χ0v) is 11.3. The second-order valence-corrected chi connectivity index (χ2v) is 4.55. The monoisotopic (exact) mass is 297 g/mol. The molecule has 0 amide bonds. The second-order valence-electron chi connectivity index (χ2n) is 4.55. The molecule has 1 atom stereocenters. The summed E-state index contributed by atoms with van der Waals surface area (Å²) < 4.78 is 42.8. The Kier molecular flexibility index (Phi) is 4.47. The van der Waals surface area contributed by atoms with Crippen molar-refractivity contribution in [3.05, 3.63) is 59.3 Å². The van der Waals surface area contributed by atoms with Gasteiger partial charge in [-0.05, 0) is 23.3 Å². The summed E-state index contributed by atoms with van der Waals surface area (Å²) in [5, 5.41) is 10.1. The molecule has 0 spiro atoms. The fourth-order valence-corrected chi connectivity index (χ4v) is 1.93. The third kappa shape index (κ3) is 3.95. The molecule has 6 heteroatoms. The summed E-state index contributed by atoms with van der Waals surface area (Å²) in [5.74, 6) is 0.407. The van der Waals surface area contributed by atoms with Gasteiger partial charge in [0.25, 0.3) is 0 Å². The number of rotatable bonds is 4. The normalized spacial score (nSPS) is 13.0. The van der Waals surface area contributed by atoms with E-state index in [9.17, 15) is 18.3 Å². The molecular weight excluding hydrogens is 283 g/mol. The van der Waals surface area contributed by atoms with Gasteiger partial charge in [-0.15, -0.1) is 0 Å². The molecule has 1 aromatic carbocycles. The van der Waals surface area contributed by atoms with E-state index < -0.39 is 17.8 Å². The van der Waals surface area contributed by atoms with Crippen molar-refractivity contribution in [2.75, 3.05) is 7.11 Å². The number of nitrogens with zero attached hydrogens (tertiary/aromatic N) is 1. The van der Waals surface area contributed by atoms with E-state index in [1.807, 2.05) is 0 Å². The van der Waals surface area contributed by atoms with Gasteiger partial charge in [0.2, 0.25) is 5.88 Å². The van der Waals surface area contributed by atoms with Crippen LogP contribution in [0.3, 0.4) is 0 Å². The van der Waals surface area contributed by atoms with E-state index in [0.29, 0.717) is 17.0 Å². The van der Waals surface area contributed by atoms with E-state index in [2.05, 4.69) is 4.98 Å². The summed E-state index contributed by atoms with van der Waals surface area (Å²) in [6.45, 7) is 0. The Morgan fingerprint density at radius 1 is 1.24 bits per heavy atom. The fourth-order valence-electron chi connectivity index (χ4n) is 1.93. The number of pyridine rings is 1. The molecular formula is C15H14F3NO2. The highest BCUT2D eigenvalue weighted by Crippen LogP contribution is 2.30. The molecule has 3 nitrogen and oxygen atoms in total. The van der Waals surface area contributed by atoms with Gasteiger partial charge in [-0.25, -0.2) is 4.98 Å². The first-order valence-corrected chi connectivity index (χ1v) is 6.24. The summed E-state index contributed by atoms with van der Waals surface area (Å²) in [6, 6.07) is 8.15. The van der Waals surface area contributed by atoms with Crippen LogP contribution in [0.2, 0.25) is 0 Å². The Morgan fingerprint density at radius 2 is 2.00 bits per heavy atom. The summed E-state index contributed by atoms with van der Waals surface area (Å²) in [4.78, 5) is 3.95. The highest BCUT2D eigenvalue weighted by Gasteiger charge is 2.30. The zero-order chi connectivity index (χ0) is 15.5. The Hall–Kier alpha value is -2.08. The number of methoxy groups -OCH3 is 1. The first-order valence-electron chi connectivity index (χ1n) is 6.24. The van der Waals surface area contributed by atoms with Gasteiger partial charge in [0, 0.05) is 18.7 Å². The molecule has 0 aliphatic carbocycles. The van der Waals surface area contributed by atoms with Gasteiger partial charge in [-0.1, -0.05) is 18.2 Å². The highest BCUT2D eigenvalue weighted by molar-refractivity contribution is 5.28. The Bertz CT molecular complexity index is 597. The third-order valence-electron chi connectivity index (χ3n) is 3.04. The van der Waals surface area contributed by atoms with E-state index in [-0.39, 0.29) is 6.42 Å². The minimum atomic E-state index is -4.39. The zero-order valence-electron chi connectivity index (χ0n) is 11.3. The van der Waals surface area contributed by atoms with Crippen LogP contribution in [0, 0.1) is 0 Å². The molecule has 0 fully saturated rings. The average Bonchev–Trinajstić information content (AvgIpc) is 2.47. The maximum atomic E-state index is 12.6. The molecule has 0 saturated carbocycles. The average molecular weight is 297 g/mol. The van der Waals surface area contributed by atoms with Crippen molar-refractivity contribution in [3.63, 3.8) is 0 Å². The van der Waals surface area contributed by atoms with Gasteiger partial charge in [0.15, 0.2) is 0 Å². The first-order chi connectivity index (χ1) is 9.90. The molecule has 1 heterocycles. The van der Waals surface area contributed by atoms with E-state index in [1.165, 1.54) is 19.4 Å². The van der Waals surface area contributed by atoms with E-state index in [1.54, 1.807) is 18.2 Å². The molecule has 1 unspecified atom stereocenters. The summed E-state index contributed by atoms with van der Waals surface area (Å²) >= 11 is 0. The van der Waals surface area contributed by atoms with Crippen LogP contribution in [-0.2, 0) is 12.6 Å². The lowest BCUT2D eigenvalue weighted by molar-refractivity contribution is -0.137. The summed E-state index contributed by atoms with van der Waals surface area (Å²) in [7, 11) is 1.47. The Labute approximate surface area is 120 Å². The van der Waals surface area contributed by atoms with Gasteiger partial charge in [-0.2, -0.15) is 13.2 Å². The number of alkyl halides is 3. The maximum Gasteiger partial charge on any atom is 0.416 e. The van der Waals surface area contributed by atoms with Crippen LogP contribution in [0.5, 0.6) is 5.88 Å². The van der Waals surface area contributed by atoms with Crippen molar-refractivity contribution in [1.82, 2.24) is 4.98 Å². The van der Waals surface area contributed by atoms with Crippen LogP contribution in [0.1, 0.15) is 22.8 Å². The van der Waals surface area contributed by atoms with E-state index in [0.717, 1.165) is 12.1 Å². The van der Waals surface area contributed by atoms with Crippen molar-refractivity contribution in [3.8, 4) is 5.88 Å². The number of aliphatic hydroxyl groups is 1. The van der Waals surface area contributed by atoms with Crippen molar-refractivity contribution in [2.24, 2.45) is 0 Å². The molecule has 1 N–H and O–H groups in total. The summed E-state index contributed by atoms with van der Waals surface area (Å²) in [5.41, 5.74) is 0.210. The van der Waals surface area contributed by atoms with Crippen molar-refractivity contribution in [1.29, 1.82) is 0 Å². The van der Waals surface area contributed by atoms with Gasteiger partial charge in [0.1, 0.15) is 0 Å². The lowest BCUT2D eigenvalue weighted by atomic mass is 10.0. The predicted molar refractivity (Wildman–Crippen MR) is 70.9 cm³/mol. The standard InChI is InChI=1S/C15H14F3NO2/c1-21-14-6-5-11(9-19-14)13(20)8-10-3-2-4-12(7-10)15(16,17)18/h2-7,9,13,20H,8H2,1H3. The van der Waals surface area contributed by atoms with Crippen LogP contribution in [0.15, 0.2) is 42.6 Å². The molecule has 0 radical (unpaired) electrons. The predicted octanol–water partition coefficient (Wildman–Crippen LogP) is 3.39. The number of ether oxygens (including phenoxy) is 1. The van der Waals surface area contributed by atoms with Crippen LogP contribution in [0.25, 0.3) is 0 Å². The number of halogens is 3. The second kappa shape index (κ2) is 6.13. The lowest BCUT2D eigenvalue weighted by Gasteiger charge is -2.13. The molecule has 0 aliphatic rings. The molecule has 112 valence electrons. The molecule has 0 bridgehead atoms. The van der Waals surface area contributed by atoms with Gasteiger partial charge in [0.05, 0.1) is 18.8 Å². The molecule has 2 aromatic rings. The molecule has 0 aliphatic heterocycles. The van der Waals surface area contributed by atoms with Crippen LogP contribution >= 0.6 is 0 Å². The topological polar surface area (TPSA) is 42.4 Å². The number of hydrogen-bond acceptors (Lipinski definition) is 3. The number of aromatic nitrogens is 1. The van der Waals surface area contributed by atoms with Crippen molar-refractivity contribution >= 4 is 0 Å². The van der Waals surface area contributed by atoms with Gasteiger partial charge in [-0.3, -0.25) is 0 Å². The van der Waals surface area contributed by atoms with Gasteiger partial charge < -0.3 is 9.84 Å². The minimum absolute atomic E-state index is 0.0813. The van der Waals surface area contributed by atoms with Crippen molar-refractivity contribution < 1.29 is 23.0 Å². The largest absolute Gasteiger partial charge is 0.481 e. The molecule has 1 aromatic heterocycles. The number of hydrogen-bond donors (Lipinski definition) is 1. The maximum absolute atomic E-state index is 12.6. The quantitative estimate of drug-likeness (QED) is 0.940. The lowest BCUT2D eigenvalue weighted by Crippen LogP contribution is -2.07. The smallest absolute Gasteiger partial charge is 0.416 e. The molecule has 2 rings (SSSR count). The molecule has 0 saturated heterocycles. The fraction of sp³-hybridized carbons (Fsp3) is 0.267. The van der Waals surface area contributed by atoms with Crippen LogP contribution in [0.4, 0.5) is 13.2 Å². The van der Waals surface area contributed by atoms with Crippen LogP contribution < -0.4 is 4.74 Å². The first kappa shape index (κ1) is 15.3. The number of aliphatic hydroxyl groups excluding tert-OH is 1. The van der Waals surface area contributed by atoms with Crippen LogP contribution in [-0.4, -0.2) is 17.2 Å². The Balaban J connectivity index is 2.13. The SMILES string of the molecule is COc1ccc(C(O)Cc2cccc(C(F)(F)F)c2)cn1. The van der Waals surface area contributed by atoms with E-state index in [4.69, 9.17) is 4.74 Å². The third-order valence-corrected chi connectivity index (χ3v) is 3.04.